The van der Waals surface area contributed by atoms with Gasteiger partial charge in [-0.3, -0.25) is 0 Å². The van der Waals surface area contributed by atoms with E-state index in [4.69, 9.17) is 16.9 Å². The zero-order valence-corrected chi connectivity index (χ0v) is 13.2. The van der Waals surface area contributed by atoms with Crippen molar-refractivity contribution in [3.8, 4) is 6.07 Å². The van der Waals surface area contributed by atoms with Crippen molar-refractivity contribution in [2.24, 2.45) is 0 Å². The van der Waals surface area contributed by atoms with E-state index in [-0.39, 0.29) is 17.6 Å². The predicted octanol–water partition coefficient (Wildman–Crippen LogP) is 4.34. The monoisotopic (exact) mass is 338 g/mol. The lowest BCUT2D eigenvalue weighted by molar-refractivity contribution is 0.624. The molecule has 3 rings (SSSR count). The quantitative estimate of drug-likeness (QED) is 0.768. The Morgan fingerprint density at radius 1 is 1.00 bits per heavy atom. The number of anilines is 1. The van der Waals surface area contributed by atoms with Crippen LogP contribution in [0.5, 0.6) is 0 Å². The molecule has 3 aromatic rings. The number of aromatic nitrogens is 2. The Morgan fingerprint density at radius 2 is 1.75 bits per heavy atom. The van der Waals surface area contributed by atoms with Crippen LogP contribution in [0.1, 0.15) is 22.9 Å². The third-order valence-corrected chi connectivity index (χ3v) is 3.67. The SMILES string of the molecule is N#Cc1ccc(NC(c2cccc(F)c2)c2cccc(Cl)c2)nn1. The summed E-state index contributed by atoms with van der Waals surface area (Å²) in [6.07, 6.45) is 0. The first kappa shape index (κ1) is 15.9. The molecule has 1 unspecified atom stereocenters. The number of rotatable bonds is 4. The van der Waals surface area contributed by atoms with Gasteiger partial charge in [-0.1, -0.05) is 35.9 Å². The highest BCUT2D eigenvalue weighted by Gasteiger charge is 2.16. The molecule has 4 nitrogen and oxygen atoms in total. The fourth-order valence-corrected chi connectivity index (χ4v) is 2.55. The highest BCUT2D eigenvalue weighted by molar-refractivity contribution is 6.30. The molecular formula is C18H12ClFN4. The summed E-state index contributed by atoms with van der Waals surface area (Å²) < 4.78 is 13.6. The first-order valence-electron chi connectivity index (χ1n) is 7.17. The lowest BCUT2D eigenvalue weighted by atomic mass is 9.98. The molecule has 1 heterocycles. The zero-order valence-electron chi connectivity index (χ0n) is 12.4. The molecule has 0 spiro atoms. The van der Waals surface area contributed by atoms with Gasteiger partial charge in [0.1, 0.15) is 17.7 Å². The predicted molar refractivity (Wildman–Crippen MR) is 90.1 cm³/mol. The first-order valence-corrected chi connectivity index (χ1v) is 7.55. The van der Waals surface area contributed by atoms with Crippen LogP contribution in [0.15, 0.2) is 60.7 Å². The van der Waals surface area contributed by atoms with Crippen LogP contribution in [0.4, 0.5) is 10.2 Å². The molecule has 0 aliphatic heterocycles. The van der Waals surface area contributed by atoms with Crippen LogP contribution in [0.2, 0.25) is 5.02 Å². The smallest absolute Gasteiger partial charge is 0.163 e. The number of halogens is 2. The third kappa shape index (κ3) is 3.67. The molecule has 0 fully saturated rings. The maximum atomic E-state index is 13.6. The Labute approximate surface area is 143 Å². The first-order chi connectivity index (χ1) is 11.7. The molecule has 0 aliphatic rings. The van der Waals surface area contributed by atoms with Crippen molar-refractivity contribution in [1.82, 2.24) is 10.2 Å². The summed E-state index contributed by atoms with van der Waals surface area (Å²) in [5, 5.41) is 20.4. The fraction of sp³-hybridized carbons (Fsp3) is 0.0556. The molecule has 0 amide bonds. The van der Waals surface area contributed by atoms with Gasteiger partial charge in [0.25, 0.3) is 0 Å². The number of nitriles is 1. The van der Waals surface area contributed by atoms with Gasteiger partial charge in [-0.15, -0.1) is 10.2 Å². The fourth-order valence-electron chi connectivity index (χ4n) is 2.35. The summed E-state index contributed by atoms with van der Waals surface area (Å²) in [6, 6.07) is 18.4. The van der Waals surface area contributed by atoms with Gasteiger partial charge >= 0.3 is 0 Å². The Balaban J connectivity index is 1.99. The molecule has 0 aliphatic carbocycles. The maximum absolute atomic E-state index is 13.6. The van der Waals surface area contributed by atoms with Gasteiger partial charge in [0.15, 0.2) is 5.69 Å². The van der Waals surface area contributed by atoms with Gasteiger partial charge in [0.2, 0.25) is 0 Å². The van der Waals surface area contributed by atoms with Crippen LogP contribution in [0.3, 0.4) is 0 Å². The minimum absolute atomic E-state index is 0.227. The van der Waals surface area contributed by atoms with E-state index in [1.54, 1.807) is 30.3 Å². The summed E-state index contributed by atoms with van der Waals surface area (Å²) in [7, 11) is 0. The molecule has 1 N–H and O–H groups in total. The van der Waals surface area contributed by atoms with Crippen LogP contribution in [0, 0.1) is 17.1 Å². The number of benzene rings is 2. The Morgan fingerprint density at radius 3 is 2.38 bits per heavy atom. The van der Waals surface area contributed by atoms with Gasteiger partial charge in [-0.05, 0) is 47.5 Å². The molecular weight excluding hydrogens is 327 g/mol. The lowest BCUT2D eigenvalue weighted by Gasteiger charge is -2.20. The molecule has 0 radical (unpaired) electrons. The largest absolute Gasteiger partial charge is 0.358 e. The average Bonchev–Trinajstić information content (AvgIpc) is 2.60. The average molecular weight is 339 g/mol. The number of nitrogens with one attached hydrogen (secondary N) is 1. The number of nitrogens with zero attached hydrogens (tertiary/aromatic N) is 3. The van der Waals surface area contributed by atoms with E-state index in [0.29, 0.717) is 10.8 Å². The van der Waals surface area contributed by atoms with E-state index >= 15 is 0 Å². The van der Waals surface area contributed by atoms with E-state index in [2.05, 4.69) is 15.5 Å². The molecule has 0 bridgehead atoms. The van der Waals surface area contributed by atoms with Crippen LogP contribution < -0.4 is 5.32 Å². The number of hydrogen-bond donors (Lipinski definition) is 1. The van der Waals surface area contributed by atoms with Gasteiger partial charge in [-0.2, -0.15) is 5.26 Å². The normalized spacial score (nSPS) is 11.5. The molecule has 1 aromatic heterocycles. The molecule has 0 saturated carbocycles. The topological polar surface area (TPSA) is 61.6 Å². The Hall–Kier alpha value is -2.97. The minimum atomic E-state index is -0.360. The van der Waals surface area contributed by atoms with Crippen molar-refractivity contribution in [2.75, 3.05) is 5.32 Å². The van der Waals surface area contributed by atoms with Gasteiger partial charge in [0, 0.05) is 5.02 Å². The van der Waals surface area contributed by atoms with Crippen molar-refractivity contribution >= 4 is 17.4 Å². The van der Waals surface area contributed by atoms with Gasteiger partial charge in [0.05, 0.1) is 6.04 Å². The summed E-state index contributed by atoms with van der Waals surface area (Å²) >= 11 is 6.08. The molecule has 0 saturated heterocycles. The minimum Gasteiger partial charge on any atom is -0.358 e. The van der Waals surface area contributed by atoms with Crippen molar-refractivity contribution in [1.29, 1.82) is 5.26 Å². The van der Waals surface area contributed by atoms with E-state index in [0.717, 1.165) is 11.1 Å². The molecule has 2 aromatic carbocycles. The van der Waals surface area contributed by atoms with Gasteiger partial charge in [-0.25, -0.2) is 4.39 Å². The van der Waals surface area contributed by atoms with Crippen molar-refractivity contribution < 1.29 is 4.39 Å². The van der Waals surface area contributed by atoms with Crippen LogP contribution in [-0.2, 0) is 0 Å². The lowest BCUT2D eigenvalue weighted by Crippen LogP contribution is -2.14. The van der Waals surface area contributed by atoms with Crippen LogP contribution in [0.25, 0.3) is 0 Å². The van der Waals surface area contributed by atoms with Gasteiger partial charge < -0.3 is 5.32 Å². The number of hydrogen-bond acceptors (Lipinski definition) is 4. The van der Waals surface area contributed by atoms with Crippen LogP contribution >= 0.6 is 11.6 Å². The second-order valence-electron chi connectivity index (χ2n) is 5.10. The zero-order chi connectivity index (χ0) is 16.9. The highest BCUT2D eigenvalue weighted by Crippen LogP contribution is 2.28. The van der Waals surface area contributed by atoms with Crippen molar-refractivity contribution in [3.63, 3.8) is 0 Å². The Bertz CT molecular complexity index is 845. The molecule has 118 valence electrons. The van der Waals surface area contributed by atoms with Crippen molar-refractivity contribution in [3.05, 3.63) is 88.3 Å². The third-order valence-electron chi connectivity index (χ3n) is 3.44. The summed E-state index contributed by atoms with van der Waals surface area (Å²) in [5.41, 5.74) is 1.81. The highest BCUT2D eigenvalue weighted by atomic mass is 35.5. The van der Waals surface area contributed by atoms with E-state index in [1.165, 1.54) is 12.1 Å². The standard InChI is InChI=1S/C18H12ClFN4/c19-14-5-1-3-12(9-14)18(13-4-2-6-15(20)10-13)22-17-8-7-16(11-21)23-24-17/h1-10,18H,(H,22,24). The summed E-state index contributed by atoms with van der Waals surface area (Å²) in [5.74, 6) is 0.149. The van der Waals surface area contributed by atoms with E-state index < -0.39 is 0 Å². The summed E-state index contributed by atoms with van der Waals surface area (Å²) in [6.45, 7) is 0. The summed E-state index contributed by atoms with van der Waals surface area (Å²) in [4.78, 5) is 0. The molecule has 6 heteroatoms. The van der Waals surface area contributed by atoms with E-state index in [1.807, 2.05) is 24.3 Å². The van der Waals surface area contributed by atoms with Crippen molar-refractivity contribution in [2.45, 2.75) is 6.04 Å². The molecule has 24 heavy (non-hydrogen) atoms. The second kappa shape index (κ2) is 7.07. The molecule has 1 atom stereocenters. The van der Waals surface area contributed by atoms with E-state index in [9.17, 15) is 4.39 Å². The second-order valence-corrected chi connectivity index (χ2v) is 5.54. The van der Waals surface area contributed by atoms with Crippen LogP contribution in [-0.4, -0.2) is 10.2 Å². The maximum Gasteiger partial charge on any atom is 0.163 e. The Kier molecular flexibility index (Phi) is 4.69.